The molecule has 0 aromatic heterocycles. The first-order valence-electron chi connectivity index (χ1n) is 5.65. The van der Waals surface area contributed by atoms with Crippen LogP contribution in [0.2, 0.25) is 0 Å². The lowest BCUT2D eigenvalue weighted by atomic mass is 10.3. The van der Waals surface area contributed by atoms with Gasteiger partial charge in [-0.1, -0.05) is 12.1 Å². The molecular weight excluding hydrogens is 252 g/mol. The SMILES string of the molecule is CC(C)NC(=O)C(C)S(=O)(=O)c1ccccc1N. The smallest absolute Gasteiger partial charge is 0.238 e. The van der Waals surface area contributed by atoms with Gasteiger partial charge in [-0.15, -0.1) is 0 Å². The number of anilines is 1. The van der Waals surface area contributed by atoms with Gasteiger partial charge in [-0.2, -0.15) is 0 Å². The Morgan fingerprint density at radius 3 is 2.28 bits per heavy atom. The molecule has 0 aliphatic carbocycles. The summed E-state index contributed by atoms with van der Waals surface area (Å²) in [5.74, 6) is -0.520. The number of rotatable bonds is 4. The zero-order valence-corrected chi connectivity index (χ0v) is 11.5. The predicted octanol–water partition coefficient (Wildman–Crippen LogP) is 0.956. The lowest BCUT2D eigenvalue weighted by Crippen LogP contribution is -2.41. The Morgan fingerprint density at radius 2 is 1.78 bits per heavy atom. The molecule has 0 saturated carbocycles. The first kappa shape index (κ1) is 14.5. The summed E-state index contributed by atoms with van der Waals surface area (Å²) in [5.41, 5.74) is 5.79. The minimum atomic E-state index is -3.75. The molecule has 100 valence electrons. The van der Waals surface area contributed by atoms with Crippen molar-refractivity contribution in [1.82, 2.24) is 5.32 Å². The number of nitrogens with two attached hydrogens (primary N) is 1. The second-order valence-corrected chi connectivity index (χ2v) is 6.63. The van der Waals surface area contributed by atoms with Crippen LogP contribution in [0.5, 0.6) is 0 Å². The zero-order chi connectivity index (χ0) is 13.9. The Labute approximate surface area is 107 Å². The Morgan fingerprint density at radius 1 is 1.22 bits per heavy atom. The number of sulfone groups is 1. The molecule has 0 radical (unpaired) electrons. The molecule has 1 atom stereocenters. The topological polar surface area (TPSA) is 89.3 Å². The predicted molar refractivity (Wildman–Crippen MR) is 70.8 cm³/mol. The molecule has 18 heavy (non-hydrogen) atoms. The number of benzene rings is 1. The standard InChI is InChI=1S/C12H18N2O3S/c1-8(2)14-12(15)9(3)18(16,17)11-7-5-4-6-10(11)13/h4-9H,13H2,1-3H3,(H,14,15). The molecule has 1 aromatic carbocycles. The van der Waals surface area contributed by atoms with Gasteiger partial charge in [-0.25, -0.2) is 8.42 Å². The Bertz CT molecular complexity index is 538. The van der Waals surface area contributed by atoms with Gasteiger partial charge in [0.2, 0.25) is 5.91 Å². The van der Waals surface area contributed by atoms with Crippen LogP contribution in [0.15, 0.2) is 29.2 Å². The van der Waals surface area contributed by atoms with E-state index < -0.39 is 21.0 Å². The van der Waals surface area contributed by atoms with E-state index in [9.17, 15) is 13.2 Å². The van der Waals surface area contributed by atoms with Gasteiger partial charge in [0.05, 0.1) is 10.6 Å². The van der Waals surface area contributed by atoms with E-state index in [4.69, 9.17) is 5.73 Å². The highest BCUT2D eigenvalue weighted by molar-refractivity contribution is 7.93. The van der Waals surface area contributed by atoms with E-state index in [-0.39, 0.29) is 16.6 Å². The van der Waals surface area contributed by atoms with Crippen LogP contribution in [0.4, 0.5) is 5.69 Å². The number of nitrogen functional groups attached to an aromatic ring is 1. The molecule has 3 N–H and O–H groups in total. The highest BCUT2D eigenvalue weighted by Crippen LogP contribution is 2.22. The average Bonchev–Trinajstić information content (AvgIpc) is 2.27. The van der Waals surface area contributed by atoms with E-state index in [1.54, 1.807) is 26.0 Å². The van der Waals surface area contributed by atoms with E-state index in [0.717, 1.165) is 0 Å². The highest BCUT2D eigenvalue weighted by Gasteiger charge is 2.31. The van der Waals surface area contributed by atoms with Gasteiger partial charge in [0, 0.05) is 6.04 Å². The summed E-state index contributed by atoms with van der Waals surface area (Å²) >= 11 is 0. The number of para-hydroxylation sites is 1. The van der Waals surface area contributed by atoms with Gasteiger partial charge in [-0.05, 0) is 32.9 Å². The molecule has 0 saturated heterocycles. The number of carbonyl (C=O) groups is 1. The Hall–Kier alpha value is -1.56. The van der Waals surface area contributed by atoms with Crippen LogP contribution in [0, 0.1) is 0 Å². The van der Waals surface area contributed by atoms with Crippen molar-refractivity contribution in [2.45, 2.75) is 37.0 Å². The third kappa shape index (κ3) is 3.01. The minimum Gasteiger partial charge on any atom is -0.398 e. The Kier molecular flexibility index (Phi) is 4.34. The van der Waals surface area contributed by atoms with Crippen molar-refractivity contribution in [1.29, 1.82) is 0 Å². The molecule has 1 rings (SSSR count). The second kappa shape index (κ2) is 5.39. The summed E-state index contributed by atoms with van der Waals surface area (Å²) in [7, 11) is -3.75. The molecule has 1 unspecified atom stereocenters. The number of carbonyl (C=O) groups excluding carboxylic acids is 1. The maximum absolute atomic E-state index is 12.2. The van der Waals surface area contributed by atoms with E-state index in [1.165, 1.54) is 19.1 Å². The van der Waals surface area contributed by atoms with Gasteiger partial charge >= 0.3 is 0 Å². The lowest BCUT2D eigenvalue weighted by molar-refractivity contribution is -0.120. The highest BCUT2D eigenvalue weighted by atomic mass is 32.2. The Balaban J connectivity index is 3.08. The van der Waals surface area contributed by atoms with Gasteiger partial charge in [0.1, 0.15) is 5.25 Å². The van der Waals surface area contributed by atoms with E-state index in [1.807, 2.05) is 0 Å². The maximum atomic E-state index is 12.2. The average molecular weight is 270 g/mol. The van der Waals surface area contributed by atoms with E-state index in [2.05, 4.69) is 5.32 Å². The van der Waals surface area contributed by atoms with Gasteiger partial charge < -0.3 is 11.1 Å². The summed E-state index contributed by atoms with van der Waals surface area (Å²) in [6.45, 7) is 4.90. The summed E-state index contributed by atoms with van der Waals surface area (Å²) in [6, 6.07) is 6.02. The molecule has 0 bridgehead atoms. The van der Waals surface area contributed by atoms with Crippen LogP contribution >= 0.6 is 0 Å². The third-order valence-electron chi connectivity index (χ3n) is 2.49. The number of hydrogen-bond acceptors (Lipinski definition) is 4. The van der Waals surface area contributed by atoms with Crippen molar-refractivity contribution in [2.24, 2.45) is 0 Å². The normalized spacial score (nSPS) is 13.3. The molecule has 0 fully saturated rings. The fraction of sp³-hybridized carbons (Fsp3) is 0.417. The summed E-state index contributed by atoms with van der Waals surface area (Å²) in [4.78, 5) is 11.8. The third-order valence-corrected chi connectivity index (χ3v) is 4.62. The van der Waals surface area contributed by atoms with Crippen LogP contribution in [-0.4, -0.2) is 25.6 Å². The van der Waals surface area contributed by atoms with Crippen LogP contribution < -0.4 is 11.1 Å². The molecule has 1 aromatic rings. The van der Waals surface area contributed by atoms with Crippen LogP contribution in [0.1, 0.15) is 20.8 Å². The van der Waals surface area contributed by atoms with E-state index in [0.29, 0.717) is 0 Å². The first-order chi connectivity index (χ1) is 8.26. The lowest BCUT2D eigenvalue weighted by Gasteiger charge is -2.16. The molecule has 0 aliphatic rings. The molecule has 6 heteroatoms. The van der Waals surface area contributed by atoms with E-state index >= 15 is 0 Å². The largest absolute Gasteiger partial charge is 0.398 e. The fourth-order valence-electron chi connectivity index (χ4n) is 1.47. The minimum absolute atomic E-state index is 0.00333. The fourth-order valence-corrected chi connectivity index (χ4v) is 2.87. The van der Waals surface area contributed by atoms with Crippen LogP contribution in [0.25, 0.3) is 0 Å². The number of amides is 1. The van der Waals surface area contributed by atoms with Crippen molar-refractivity contribution in [3.63, 3.8) is 0 Å². The number of nitrogens with one attached hydrogen (secondary N) is 1. The van der Waals surface area contributed by atoms with Gasteiger partial charge in [0.15, 0.2) is 9.84 Å². The van der Waals surface area contributed by atoms with Gasteiger partial charge in [0.25, 0.3) is 0 Å². The molecule has 0 heterocycles. The molecule has 0 aliphatic heterocycles. The second-order valence-electron chi connectivity index (χ2n) is 4.39. The van der Waals surface area contributed by atoms with Crippen molar-refractivity contribution >= 4 is 21.4 Å². The van der Waals surface area contributed by atoms with Crippen LogP contribution in [-0.2, 0) is 14.6 Å². The summed E-state index contributed by atoms with van der Waals surface area (Å²) < 4.78 is 24.5. The van der Waals surface area contributed by atoms with Gasteiger partial charge in [-0.3, -0.25) is 4.79 Å². The first-order valence-corrected chi connectivity index (χ1v) is 7.20. The number of hydrogen-bond donors (Lipinski definition) is 2. The zero-order valence-electron chi connectivity index (χ0n) is 10.7. The van der Waals surface area contributed by atoms with Crippen molar-refractivity contribution in [3.8, 4) is 0 Å². The monoisotopic (exact) mass is 270 g/mol. The quantitative estimate of drug-likeness (QED) is 0.797. The summed E-state index contributed by atoms with van der Waals surface area (Å²) in [5, 5.41) is 1.42. The molecular formula is C12H18N2O3S. The molecule has 0 spiro atoms. The molecule has 5 nitrogen and oxygen atoms in total. The maximum Gasteiger partial charge on any atom is 0.238 e. The van der Waals surface area contributed by atoms with Crippen LogP contribution in [0.3, 0.4) is 0 Å². The van der Waals surface area contributed by atoms with Crippen molar-refractivity contribution < 1.29 is 13.2 Å². The van der Waals surface area contributed by atoms with Crippen molar-refractivity contribution in [3.05, 3.63) is 24.3 Å². The van der Waals surface area contributed by atoms with Crippen molar-refractivity contribution in [2.75, 3.05) is 5.73 Å². The molecule has 1 amide bonds. The summed E-state index contributed by atoms with van der Waals surface area (Å²) in [6.07, 6.45) is 0.